The zero-order chi connectivity index (χ0) is 21.8. The normalized spacial score (nSPS) is 12.9. The van der Waals surface area contributed by atoms with Gasteiger partial charge in [0, 0.05) is 18.2 Å². The lowest BCUT2D eigenvalue weighted by atomic mass is 10.1. The molecule has 0 atom stereocenters. The molecule has 0 heterocycles. The lowest BCUT2D eigenvalue weighted by Crippen LogP contribution is -2.43. The van der Waals surface area contributed by atoms with Crippen molar-refractivity contribution in [2.75, 3.05) is 25.5 Å². The van der Waals surface area contributed by atoms with Crippen LogP contribution in [0.4, 0.5) is 5.69 Å². The van der Waals surface area contributed by atoms with E-state index >= 15 is 0 Å². The summed E-state index contributed by atoms with van der Waals surface area (Å²) in [5.41, 5.74) is 0.628. The molecule has 0 aromatic heterocycles. The van der Waals surface area contributed by atoms with Gasteiger partial charge in [0.1, 0.15) is 5.75 Å². The van der Waals surface area contributed by atoms with Crippen LogP contribution in [-0.4, -0.2) is 48.9 Å². The van der Waals surface area contributed by atoms with Crippen molar-refractivity contribution in [1.29, 1.82) is 0 Å². The van der Waals surface area contributed by atoms with Gasteiger partial charge < -0.3 is 20.3 Å². The SMILES string of the molecule is CCCCCCCCC(=O)N(CC(=O)NCC(=O)Nc1ccc(OC)cc1)C1CC1. The Labute approximate surface area is 179 Å². The number of hydrogen-bond acceptors (Lipinski definition) is 4. The molecule has 30 heavy (non-hydrogen) atoms. The predicted octanol–water partition coefficient (Wildman–Crippen LogP) is 3.49. The third kappa shape index (κ3) is 8.84. The standard InChI is InChI=1S/C23H35N3O4/c1-3-4-5-6-7-8-9-23(29)26(19-12-13-19)17-22(28)24-16-21(27)25-18-10-14-20(30-2)15-11-18/h10-11,14-15,19H,3-9,12-13,16-17H2,1-2H3,(H,24,28)(H,25,27). The van der Waals surface area contributed by atoms with Gasteiger partial charge in [0.15, 0.2) is 0 Å². The zero-order valence-electron chi connectivity index (χ0n) is 18.2. The highest BCUT2D eigenvalue weighted by Crippen LogP contribution is 2.27. The van der Waals surface area contributed by atoms with Crippen LogP contribution in [-0.2, 0) is 14.4 Å². The first-order chi connectivity index (χ1) is 14.5. The van der Waals surface area contributed by atoms with Crippen LogP contribution in [0.3, 0.4) is 0 Å². The number of rotatable bonds is 14. The Hall–Kier alpha value is -2.57. The molecule has 1 fully saturated rings. The first-order valence-electron chi connectivity index (χ1n) is 11.0. The Morgan fingerprint density at radius 1 is 1.00 bits per heavy atom. The van der Waals surface area contributed by atoms with E-state index in [2.05, 4.69) is 17.6 Å². The molecule has 1 aromatic rings. The van der Waals surface area contributed by atoms with Gasteiger partial charge in [0.2, 0.25) is 17.7 Å². The Kier molecular flexibility index (Phi) is 10.2. The van der Waals surface area contributed by atoms with Crippen LogP contribution < -0.4 is 15.4 Å². The number of nitrogens with zero attached hydrogens (tertiary/aromatic N) is 1. The number of amides is 3. The van der Waals surface area contributed by atoms with Crippen LogP contribution in [0, 0.1) is 0 Å². The van der Waals surface area contributed by atoms with Crippen molar-refractivity contribution in [3.8, 4) is 5.75 Å². The first-order valence-corrected chi connectivity index (χ1v) is 11.0. The molecule has 0 spiro atoms. The predicted molar refractivity (Wildman–Crippen MR) is 117 cm³/mol. The summed E-state index contributed by atoms with van der Waals surface area (Å²) in [6.07, 6.45) is 9.16. The van der Waals surface area contributed by atoms with Gasteiger partial charge in [-0.25, -0.2) is 0 Å². The maximum absolute atomic E-state index is 12.5. The molecule has 1 aliphatic carbocycles. The van der Waals surface area contributed by atoms with Crippen molar-refractivity contribution in [2.24, 2.45) is 0 Å². The van der Waals surface area contributed by atoms with Gasteiger partial charge in [-0.05, 0) is 43.5 Å². The zero-order valence-corrected chi connectivity index (χ0v) is 18.2. The number of unbranched alkanes of at least 4 members (excludes halogenated alkanes) is 5. The van der Waals surface area contributed by atoms with E-state index in [4.69, 9.17) is 4.74 Å². The van der Waals surface area contributed by atoms with Gasteiger partial charge in [-0.2, -0.15) is 0 Å². The molecule has 2 rings (SSSR count). The first kappa shape index (κ1) is 23.7. The second-order valence-electron chi connectivity index (χ2n) is 7.82. The number of benzene rings is 1. The lowest BCUT2D eigenvalue weighted by molar-refractivity contribution is -0.136. The summed E-state index contributed by atoms with van der Waals surface area (Å²) < 4.78 is 5.08. The van der Waals surface area contributed by atoms with Crippen LogP contribution in [0.2, 0.25) is 0 Å². The minimum Gasteiger partial charge on any atom is -0.497 e. The molecule has 1 aliphatic rings. The molecule has 7 heteroatoms. The van der Waals surface area contributed by atoms with Crippen molar-refractivity contribution in [3.63, 3.8) is 0 Å². The number of methoxy groups -OCH3 is 1. The lowest BCUT2D eigenvalue weighted by Gasteiger charge is -2.22. The monoisotopic (exact) mass is 417 g/mol. The molecule has 7 nitrogen and oxygen atoms in total. The highest BCUT2D eigenvalue weighted by Gasteiger charge is 2.33. The van der Waals surface area contributed by atoms with Gasteiger partial charge in [-0.3, -0.25) is 14.4 Å². The van der Waals surface area contributed by atoms with Crippen LogP contribution in [0.5, 0.6) is 5.75 Å². The van der Waals surface area contributed by atoms with Crippen LogP contribution >= 0.6 is 0 Å². The van der Waals surface area contributed by atoms with E-state index in [0.29, 0.717) is 17.9 Å². The van der Waals surface area contributed by atoms with E-state index in [9.17, 15) is 14.4 Å². The molecule has 3 amide bonds. The fourth-order valence-corrected chi connectivity index (χ4v) is 3.28. The second kappa shape index (κ2) is 12.9. The Balaban J connectivity index is 1.68. The molecule has 0 aliphatic heterocycles. The number of nitrogens with one attached hydrogen (secondary N) is 2. The number of carbonyl (C=O) groups excluding carboxylic acids is 3. The topological polar surface area (TPSA) is 87.7 Å². The molecule has 2 N–H and O–H groups in total. The smallest absolute Gasteiger partial charge is 0.243 e. The molecular weight excluding hydrogens is 382 g/mol. The highest BCUT2D eigenvalue weighted by molar-refractivity contribution is 5.95. The average molecular weight is 418 g/mol. The van der Waals surface area contributed by atoms with E-state index in [-0.39, 0.29) is 36.9 Å². The van der Waals surface area contributed by atoms with E-state index in [0.717, 1.165) is 32.1 Å². The van der Waals surface area contributed by atoms with Gasteiger partial charge >= 0.3 is 0 Å². The van der Waals surface area contributed by atoms with Crippen molar-refractivity contribution in [2.45, 2.75) is 70.8 Å². The summed E-state index contributed by atoms with van der Waals surface area (Å²) in [5.74, 6) is 0.130. The van der Waals surface area contributed by atoms with Gasteiger partial charge in [0.25, 0.3) is 0 Å². The summed E-state index contributed by atoms with van der Waals surface area (Å²) in [7, 11) is 1.58. The summed E-state index contributed by atoms with van der Waals surface area (Å²) >= 11 is 0. The van der Waals surface area contributed by atoms with Crippen molar-refractivity contribution >= 4 is 23.4 Å². The van der Waals surface area contributed by atoms with Crippen LogP contribution in [0.15, 0.2) is 24.3 Å². The van der Waals surface area contributed by atoms with Crippen LogP contribution in [0.25, 0.3) is 0 Å². The summed E-state index contributed by atoms with van der Waals surface area (Å²) in [4.78, 5) is 38.5. The van der Waals surface area contributed by atoms with Crippen molar-refractivity contribution in [1.82, 2.24) is 10.2 Å². The maximum atomic E-state index is 12.5. The number of anilines is 1. The van der Waals surface area contributed by atoms with Gasteiger partial charge in [-0.15, -0.1) is 0 Å². The molecule has 0 bridgehead atoms. The third-order valence-electron chi connectivity index (χ3n) is 5.19. The van der Waals surface area contributed by atoms with Crippen LogP contribution in [0.1, 0.15) is 64.7 Å². The fraction of sp³-hybridized carbons (Fsp3) is 0.609. The number of hydrogen-bond donors (Lipinski definition) is 2. The molecule has 0 radical (unpaired) electrons. The molecule has 0 unspecified atom stereocenters. The van der Waals surface area contributed by atoms with Crippen molar-refractivity contribution in [3.05, 3.63) is 24.3 Å². The maximum Gasteiger partial charge on any atom is 0.243 e. The van der Waals surface area contributed by atoms with E-state index in [1.54, 1.807) is 36.3 Å². The molecule has 0 saturated heterocycles. The molecular formula is C23H35N3O4. The minimum absolute atomic E-state index is 0.0230. The number of ether oxygens (including phenoxy) is 1. The van der Waals surface area contributed by atoms with Crippen molar-refractivity contribution < 1.29 is 19.1 Å². The Morgan fingerprint density at radius 2 is 1.67 bits per heavy atom. The van der Waals surface area contributed by atoms with E-state index in [1.165, 1.54) is 19.3 Å². The van der Waals surface area contributed by atoms with Gasteiger partial charge in [0.05, 0.1) is 20.2 Å². The minimum atomic E-state index is -0.315. The van der Waals surface area contributed by atoms with E-state index in [1.807, 2.05) is 0 Å². The summed E-state index contributed by atoms with van der Waals surface area (Å²) in [6.45, 7) is 2.08. The largest absolute Gasteiger partial charge is 0.497 e. The summed E-state index contributed by atoms with van der Waals surface area (Å²) in [5, 5.41) is 5.33. The fourth-order valence-electron chi connectivity index (χ4n) is 3.28. The Bertz CT molecular complexity index is 686. The number of carbonyl (C=O) groups is 3. The molecule has 166 valence electrons. The highest BCUT2D eigenvalue weighted by atomic mass is 16.5. The summed E-state index contributed by atoms with van der Waals surface area (Å²) in [6, 6.07) is 7.13. The molecule has 1 aromatic carbocycles. The third-order valence-corrected chi connectivity index (χ3v) is 5.19. The van der Waals surface area contributed by atoms with Gasteiger partial charge in [-0.1, -0.05) is 39.0 Å². The second-order valence-corrected chi connectivity index (χ2v) is 7.82. The average Bonchev–Trinajstić information content (AvgIpc) is 3.58. The molecule has 1 saturated carbocycles. The quantitative estimate of drug-likeness (QED) is 0.454. The Morgan fingerprint density at radius 3 is 2.30 bits per heavy atom. The van der Waals surface area contributed by atoms with E-state index < -0.39 is 0 Å².